The van der Waals surface area contributed by atoms with E-state index in [4.69, 9.17) is 29.4 Å². The van der Waals surface area contributed by atoms with Crippen molar-refractivity contribution in [3.63, 3.8) is 0 Å². The summed E-state index contributed by atoms with van der Waals surface area (Å²) in [5.41, 5.74) is 0. The predicted molar refractivity (Wildman–Crippen MR) is 62.4 cm³/mol. The fraction of sp³-hybridized carbons (Fsp3) is 1.00. The van der Waals surface area contributed by atoms with Crippen molar-refractivity contribution in [3.8, 4) is 0 Å². The Morgan fingerprint density at radius 3 is 1.57 bits per heavy atom. The van der Waals surface area contributed by atoms with Crippen molar-refractivity contribution in [1.29, 1.82) is 0 Å². The molecule has 21 heavy (non-hydrogen) atoms. The molecule has 0 fully saturated rings. The smallest absolute Gasteiger partial charge is 0.302 e. The molecule has 3 atom stereocenters. The molecule has 0 aliphatic heterocycles. The lowest BCUT2D eigenvalue weighted by Crippen LogP contribution is -2.14. The third-order valence-electron chi connectivity index (χ3n) is 1.20. The van der Waals surface area contributed by atoms with Crippen molar-refractivity contribution < 1.29 is 65.3 Å². The molecule has 0 aromatic heterocycles. The molecule has 0 aliphatic rings. The van der Waals surface area contributed by atoms with E-state index in [1.807, 2.05) is 0 Å². The summed E-state index contributed by atoms with van der Waals surface area (Å²) in [6.45, 7) is -0.0355. The Balaban J connectivity index is 4.49. The van der Waals surface area contributed by atoms with Crippen LogP contribution in [-0.2, 0) is 35.9 Å². The minimum Gasteiger partial charge on any atom is -0.302 e. The maximum absolute atomic E-state index is 11.1. The number of phosphoric ester groups is 2. The van der Waals surface area contributed by atoms with E-state index in [-0.39, 0.29) is 0 Å². The fourth-order valence-electron chi connectivity index (χ4n) is 0.769. The van der Waals surface area contributed by atoms with E-state index in [9.17, 15) is 18.3 Å². The Hall–Kier alpha value is 0.520. The largest absolute Gasteiger partial charge is 0.481 e. The van der Waals surface area contributed by atoms with Gasteiger partial charge in [0.1, 0.15) is 0 Å². The molecular formula is C3H12O14P4. The standard InChI is InChI=1S/C3H12O14P4/c1-3(15-21(12,13)17-19(7,8)9)2-14-20(10,11)16-18(4,5)6/h3H,2H2,1H3,(H,10,11)(H,12,13)(H2,4,5,6)(H2,7,8,9). The summed E-state index contributed by atoms with van der Waals surface area (Å²) < 4.78 is 57.7. The van der Waals surface area contributed by atoms with Crippen molar-refractivity contribution in [2.45, 2.75) is 13.0 Å². The molecule has 0 bridgehead atoms. The number of rotatable bonds is 9. The van der Waals surface area contributed by atoms with E-state index in [1.165, 1.54) is 0 Å². The molecule has 0 saturated carbocycles. The highest BCUT2D eigenvalue weighted by molar-refractivity contribution is 7.61. The van der Waals surface area contributed by atoms with Crippen LogP contribution in [0.1, 0.15) is 6.92 Å². The van der Waals surface area contributed by atoms with Gasteiger partial charge in [0.05, 0.1) is 12.7 Å². The molecule has 6 N–H and O–H groups in total. The van der Waals surface area contributed by atoms with Gasteiger partial charge in [-0.3, -0.25) is 9.05 Å². The molecule has 0 aliphatic carbocycles. The van der Waals surface area contributed by atoms with Gasteiger partial charge in [-0.25, -0.2) is 18.3 Å². The zero-order chi connectivity index (χ0) is 17.1. The lowest BCUT2D eigenvalue weighted by atomic mass is 10.5. The van der Waals surface area contributed by atoms with Crippen LogP contribution in [-0.4, -0.2) is 42.1 Å². The third kappa shape index (κ3) is 12.7. The Bertz CT molecular complexity index is 526. The summed E-state index contributed by atoms with van der Waals surface area (Å²) >= 11 is 0. The Labute approximate surface area is 117 Å². The lowest BCUT2D eigenvalue weighted by molar-refractivity contribution is 0.0804. The topological polar surface area (TPSA) is 227 Å². The zero-order valence-electron chi connectivity index (χ0n) is 10.0. The van der Waals surface area contributed by atoms with Gasteiger partial charge in [-0.1, -0.05) is 0 Å². The monoisotopic (exact) mass is 396 g/mol. The van der Waals surface area contributed by atoms with E-state index in [0.29, 0.717) is 0 Å². The highest BCUT2D eigenvalue weighted by Crippen LogP contribution is 2.59. The minimum absolute atomic E-state index is 0.962. The fourth-order valence-corrected chi connectivity index (χ4v) is 4.18. The van der Waals surface area contributed by atoms with E-state index in [2.05, 4.69) is 17.7 Å². The van der Waals surface area contributed by atoms with Crippen LogP contribution in [0.3, 0.4) is 0 Å². The molecule has 0 rings (SSSR count). The van der Waals surface area contributed by atoms with Crippen molar-refractivity contribution in [1.82, 2.24) is 0 Å². The van der Waals surface area contributed by atoms with Gasteiger partial charge >= 0.3 is 31.3 Å². The Morgan fingerprint density at radius 2 is 1.19 bits per heavy atom. The molecule has 14 nitrogen and oxygen atoms in total. The van der Waals surface area contributed by atoms with Crippen molar-refractivity contribution in [2.75, 3.05) is 6.61 Å². The maximum atomic E-state index is 11.1. The summed E-state index contributed by atoms with van der Waals surface area (Å²) in [7, 11) is -21.0. The molecule has 0 saturated heterocycles. The third-order valence-corrected chi connectivity index (χ3v) is 5.66. The van der Waals surface area contributed by atoms with Crippen LogP contribution in [0.25, 0.3) is 0 Å². The van der Waals surface area contributed by atoms with Crippen LogP contribution in [0.15, 0.2) is 0 Å². The van der Waals surface area contributed by atoms with Gasteiger partial charge in [0.25, 0.3) is 0 Å². The average molecular weight is 396 g/mol. The summed E-state index contributed by atoms with van der Waals surface area (Å²) in [6.07, 6.45) is -1.53. The second kappa shape index (κ2) is 7.39. The molecule has 0 radical (unpaired) electrons. The van der Waals surface area contributed by atoms with Crippen LogP contribution in [0, 0.1) is 0 Å². The van der Waals surface area contributed by atoms with Crippen LogP contribution in [0.5, 0.6) is 0 Å². The molecule has 18 heteroatoms. The first-order valence-corrected chi connectivity index (χ1v) is 10.6. The average Bonchev–Trinajstić information content (AvgIpc) is 2.05. The summed E-state index contributed by atoms with van der Waals surface area (Å²) in [5, 5.41) is 0. The molecule has 128 valence electrons. The van der Waals surface area contributed by atoms with E-state index >= 15 is 0 Å². The van der Waals surface area contributed by atoms with Crippen LogP contribution in [0.4, 0.5) is 0 Å². The first kappa shape index (κ1) is 21.5. The van der Waals surface area contributed by atoms with Gasteiger partial charge in [-0.05, 0) is 6.92 Å². The summed E-state index contributed by atoms with van der Waals surface area (Å²) in [6, 6.07) is 0. The highest BCUT2D eigenvalue weighted by atomic mass is 31.3. The van der Waals surface area contributed by atoms with Crippen molar-refractivity contribution in [3.05, 3.63) is 0 Å². The van der Waals surface area contributed by atoms with Crippen LogP contribution >= 0.6 is 31.3 Å². The zero-order valence-corrected chi connectivity index (χ0v) is 13.6. The van der Waals surface area contributed by atoms with E-state index < -0.39 is 44.0 Å². The van der Waals surface area contributed by atoms with E-state index in [1.54, 1.807) is 0 Å². The normalized spacial score (nSPS) is 20.5. The van der Waals surface area contributed by atoms with Crippen LogP contribution < -0.4 is 0 Å². The van der Waals surface area contributed by atoms with Gasteiger partial charge in [0.2, 0.25) is 0 Å². The summed E-state index contributed by atoms with van der Waals surface area (Å²) in [5.74, 6) is 0. The van der Waals surface area contributed by atoms with Crippen molar-refractivity contribution in [2.24, 2.45) is 0 Å². The first-order valence-electron chi connectivity index (χ1n) is 4.54. The second-order valence-corrected chi connectivity index (χ2v) is 8.91. The van der Waals surface area contributed by atoms with Gasteiger partial charge in [-0.15, -0.1) is 0 Å². The predicted octanol–water partition coefficient (Wildman–Crippen LogP) is -0.173. The molecule has 0 aromatic rings. The Morgan fingerprint density at radius 1 is 0.810 bits per heavy atom. The summed E-state index contributed by atoms with van der Waals surface area (Å²) in [4.78, 5) is 51.0. The molecular weight excluding hydrogens is 384 g/mol. The number of hydrogen-bond donors (Lipinski definition) is 6. The second-order valence-electron chi connectivity index (χ2n) is 3.29. The van der Waals surface area contributed by atoms with Gasteiger partial charge in [0, 0.05) is 0 Å². The Kier molecular flexibility index (Phi) is 7.58. The molecule has 3 unspecified atom stereocenters. The minimum atomic E-state index is -5.33. The lowest BCUT2D eigenvalue weighted by Gasteiger charge is -2.19. The SMILES string of the molecule is CC(COP(=O)(O)OP(=O)(O)O)OP(=O)(O)OP(=O)(O)O. The number of phosphoric acid groups is 4. The molecule has 0 spiro atoms. The van der Waals surface area contributed by atoms with Crippen LogP contribution in [0.2, 0.25) is 0 Å². The quantitative estimate of drug-likeness (QED) is 0.278. The molecule has 0 aromatic carbocycles. The van der Waals surface area contributed by atoms with E-state index in [0.717, 1.165) is 6.92 Å². The molecule has 0 heterocycles. The molecule has 0 amide bonds. The number of hydrogen-bond acceptors (Lipinski definition) is 8. The van der Waals surface area contributed by atoms with Gasteiger partial charge < -0.3 is 29.4 Å². The maximum Gasteiger partial charge on any atom is 0.481 e. The van der Waals surface area contributed by atoms with Gasteiger partial charge in [-0.2, -0.15) is 8.62 Å². The highest BCUT2D eigenvalue weighted by Gasteiger charge is 2.36. The van der Waals surface area contributed by atoms with Crippen molar-refractivity contribution >= 4 is 31.3 Å². The van der Waals surface area contributed by atoms with Gasteiger partial charge in [0.15, 0.2) is 0 Å². The first-order chi connectivity index (χ1) is 9.02.